The first kappa shape index (κ1) is 9.71. The van der Waals surface area contributed by atoms with Gasteiger partial charge >= 0.3 is 6.09 Å². The number of nitrogens with one attached hydrogen (secondary N) is 1. The number of piperidine rings is 1. The van der Waals surface area contributed by atoms with E-state index in [2.05, 4.69) is 5.32 Å². The Hall–Kier alpha value is -0.840. The third kappa shape index (κ3) is 1.27. The lowest BCUT2D eigenvalue weighted by molar-refractivity contribution is 0.0430. The summed E-state index contributed by atoms with van der Waals surface area (Å²) in [6.07, 6.45) is 0.0244. The third-order valence-corrected chi connectivity index (χ3v) is 3.42. The molecule has 14 heavy (non-hydrogen) atoms. The van der Waals surface area contributed by atoms with Crippen LogP contribution in [0.3, 0.4) is 0 Å². The van der Waals surface area contributed by atoms with Crippen LogP contribution < -0.4 is 5.32 Å². The molecule has 2 bridgehead atoms. The van der Waals surface area contributed by atoms with Crippen LogP contribution >= 0.6 is 0 Å². The van der Waals surface area contributed by atoms with Crippen LogP contribution in [0.4, 0.5) is 9.18 Å². The zero-order valence-electron chi connectivity index (χ0n) is 8.11. The molecule has 2 heterocycles. The second-order valence-corrected chi connectivity index (χ2v) is 4.06. The Kier molecular flexibility index (Phi) is 2.34. The highest BCUT2D eigenvalue weighted by atomic mass is 19.1. The van der Waals surface area contributed by atoms with Crippen molar-refractivity contribution in [3.05, 3.63) is 0 Å². The van der Waals surface area contributed by atoms with Gasteiger partial charge in [-0.1, -0.05) is 0 Å². The number of alkyl halides is 1. The van der Waals surface area contributed by atoms with Gasteiger partial charge in [0, 0.05) is 12.1 Å². The molecule has 2 rings (SSSR count). The van der Waals surface area contributed by atoms with Crippen LogP contribution in [0.5, 0.6) is 0 Å². The average molecular weight is 202 g/mol. The van der Waals surface area contributed by atoms with Crippen LogP contribution in [0.2, 0.25) is 0 Å². The van der Waals surface area contributed by atoms with Crippen LogP contribution in [0, 0.1) is 0 Å². The number of fused-ring (bicyclic) bond motifs is 2. The van der Waals surface area contributed by atoms with Gasteiger partial charge in [-0.3, -0.25) is 4.90 Å². The molecule has 0 aliphatic carbocycles. The van der Waals surface area contributed by atoms with Crippen molar-refractivity contribution in [1.82, 2.24) is 10.2 Å². The SMILES string of the molecule is CNC1CC2CCC(C1F)N2C(=O)O. The van der Waals surface area contributed by atoms with E-state index in [9.17, 15) is 9.18 Å². The van der Waals surface area contributed by atoms with Gasteiger partial charge in [0.2, 0.25) is 0 Å². The summed E-state index contributed by atoms with van der Waals surface area (Å²) < 4.78 is 13.8. The van der Waals surface area contributed by atoms with Gasteiger partial charge in [0.15, 0.2) is 0 Å². The third-order valence-electron chi connectivity index (χ3n) is 3.42. The first-order chi connectivity index (χ1) is 6.65. The number of halogens is 1. The topological polar surface area (TPSA) is 52.6 Å². The molecule has 4 nitrogen and oxygen atoms in total. The number of nitrogens with zero attached hydrogens (tertiary/aromatic N) is 1. The summed E-state index contributed by atoms with van der Waals surface area (Å²) in [5.74, 6) is 0. The Morgan fingerprint density at radius 2 is 2.29 bits per heavy atom. The molecule has 0 spiro atoms. The van der Waals surface area contributed by atoms with E-state index < -0.39 is 18.3 Å². The van der Waals surface area contributed by atoms with Crippen LogP contribution in [0.25, 0.3) is 0 Å². The molecular weight excluding hydrogens is 187 g/mol. The standard InChI is InChI=1S/C9H15FN2O2/c1-11-6-4-5-2-3-7(8(6)10)12(5)9(13)14/h5-8,11H,2-4H2,1H3,(H,13,14). The molecule has 4 unspecified atom stereocenters. The normalized spacial score (nSPS) is 41.4. The Morgan fingerprint density at radius 3 is 2.86 bits per heavy atom. The van der Waals surface area contributed by atoms with E-state index in [0.29, 0.717) is 12.8 Å². The summed E-state index contributed by atoms with van der Waals surface area (Å²) in [5.41, 5.74) is 0. The Morgan fingerprint density at radius 1 is 1.57 bits per heavy atom. The van der Waals surface area contributed by atoms with Gasteiger partial charge in [-0.15, -0.1) is 0 Å². The van der Waals surface area contributed by atoms with Crippen molar-refractivity contribution in [3.8, 4) is 0 Å². The van der Waals surface area contributed by atoms with Crippen molar-refractivity contribution in [2.45, 2.75) is 43.6 Å². The lowest BCUT2D eigenvalue weighted by Crippen LogP contribution is -2.57. The van der Waals surface area contributed by atoms with Gasteiger partial charge in [0.05, 0.1) is 6.04 Å². The lowest BCUT2D eigenvalue weighted by atomic mass is 9.96. The highest BCUT2D eigenvalue weighted by Crippen LogP contribution is 2.37. The molecular formula is C9H15FN2O2. The molecule has 2 fully saturated rings. The predicted octanol–water partition coefficient (Wildman–Crippen LogP) is 0.827. The van der Waals surface area contributed by atoms with Crippen molar-refractivity contribution in [1.29, 1.82) is 0 Å². The van der Waals surface area contributed by atoms with E-state index in [1.807, 2.05) is 0 Å². The first-order valence-electron chi connectivity index (χ1n) is 4.97. The highest BCUT2D eigenvalue weighted by Gasteiger charge is 2.49. The molecule has 4 atom stereocenters. The van der Waals surface area contributed by atoms with E-state index >= 15 is 0 Å². The van der Waals surface area contributed by atoms with Gasteiger partial charge < -0.3 is 10.4 Å². The molecule has 5 heteroatoms. The lowest BCUT2D eigenvalue weighted by Gasteiger charge is -2.39. The molecule has 0 aromatic carbocycles. The maximum Gasteiger partial charge on any atom is 0.407 e. The monoisotopic (exact) mass is 202 g/mol. The Labute approximate surface area is 82.1 Å². The number of hydrogen-bond acceptors (Lipinski definition) is 2. The molecule has 0 aromatic heterocycles. The smallest absolute Gasteiger partial charge is 0.407 e. The summed E-state index contributed by atoms with van der Waals surface area (Å²) >= 11 is 0. The summed E-state index contributed by atoms with van der Waals surface area (Å²) in [5, 5.41) is 11.9. The largest absolute Gasteiger partial charge is 0.465 e. The number of amides is 1. The maximum absolute atomic E-state index is 13.8. The van der Waals surface area contributed by atoms with E-state index in [0.717, 1.165) is 6.42 Å². The number of rotatable bonds is 1. The Balaban J connectivity index is 2.18. The molecule has 2 N–H and O–H groups in total. The van der Waals surface area contributed by atoms with Gasteiger partial charge in [0.25, 0.3) is 0 Å². The summed E-state index contributed by atoms with van der Waals surface area (Å²) in [6, 6.07) is -0.589. The van der Waals surface area contributed by atoms with E-state index in [1.165, 1.54) is 4.90 Å². The fourth-order valence-electron chi connectivity index (χ4n) is 2.72. The average Bonchev–Trinajstić information content (AvgIpc) is 2.50. The van der Waals surface area contributed by atoms with E-state index in [-0.39, 0.29) is 12.1 Å². The van der Waals surface area contributed by atoms with Crippen molar-refractivity contribution in [2.24, 2.45) is 0 Å². The Bertz CT molecular complexity index is 249. The van der Waals surface area contributed by atoms with Crippen molar-refractivity contribution in [3.63, 3.8) is 0 Å². The number of hydrogen-bond donors (Lipinski definition) is 2. The van der Waals surface area contributed by atoms with Gasteiger partial charge in [-0.05, 0) is 26.3 Å². The maximum atomic E-state index is 13.8. The highest BCUT2D eigenvalue weighted by molar-refractivity contribution is 5.66. The minimum atomic E-state index is -1.06. The van der Waals surface area contributed by atoms with Gasteiger partial charge in [-0.25, -0.2) is 9.18 Å². The van der Waals surface area contributed by atoms with Crippen molar-refractivity contribution < 1.29 is 14.3 Å². The van der Waals surface area contributed by atoms with E-state index in [4.69, 9.17) is 5.11 Å². The molecule has 2 aliphatic rings. The van der Waals surface area contributed by atoms with Crippen LogP contribution in [-0.2, 0) is 0 Å². The second-order valence-electron chi connectivity index (χ2n) is 4.06. The minimum Gasteiger partial charge on any atom is -0.465 e. The zero-order chi connectivity index (χ0) is 10.3. The minimum absolute atomic E-state index is 0.0157. The zero-order valence-corrected chi connectivity index (χ0v) is 8.11. The molecule has 2 aliphatic heterocycles. The number of carboxylic acid groups (broad SMARTS) is 1. The summed E-state index contributed by atoms with van der Waals surface area (Å²) in [4.78, 5) is 12.2. The molecule has 2 saturated heterocycles. The van der Waals surface area contributed by atoms with Gasteiger partial charge in [-0.2, -0.15) is 0 Å². The van der Waals surface area contributed by atoms with E-state index in [1.54, 1.807) is 7.05 Å². The quantitative estimate of drug-likeness (QED) is 0.662. The second kappa shape index (κ2) is 3.38. The predicted molar refractivity (Wildman–Crippen MR) is 49.0 cm³/mol. The van der Waals surface area contributed by atoms with Crippen molar-refractivity contribution >= 4 is 6.09 Å². The summed E-state index contributed by atoms with van der Waals surface area (Å²) in [6.45, 7) is 0. The molecule has 80 valence electrons. The molecule has 0 radical (unpaired) electrons. The molecule has 0 saturated carbocycles. The summed E-state index contributed by atoms with van der Waals surface area (Å²) in [7, 11) is 1.73. The van der Waals surface area contributed by atoms with Crippen molar-refractivity contribution in [2.75, 3.05) is 7.05 Å². The molecule has 0 aromatic rings. The van der Waals surface area contributed by atoms with Crippen LogP contribution in [0.15, 0.2) is 0 Å². The van der Waals surface area contributed by atoms with Crippen LogP contribution in [0.1, 0.15) is 19.3 Å². The number of carbonyl (C=O) groups is 1. The van der Waals surface area contributed by atoms with Gasteiger partial charge in [0.1, 0.15) is 6.17 Å². The first-order valence-corrected chi connectivity index (χ1v) is 4.97. The molecule has 1 amide bonds. The fraction of sp³-hybridized carbons (Fsp3) is 0.889. The van der Waals surface area contributed by atoms with Crippen LogP contribution in [-0.4, -0.2) is 47.4 Å². The fourth-order valence-corrected chi connectivity index (χ4v) is 2.72.